The monoisotopic (exact) mass is 308 g/mol. The van der Waals surface area contributed by atoms with Crippen molar-refractivity contribution >= 4 is 27.0 Å². The largest absolute Gasteiger partial charge is 0.440 e. The van der Waals surface area contributed by atoms with Crippen LogP contribution in [0.15, 0.2) is 27.1 Å². The summed E-state index contributed by atoms with van der Waals surface area (Å²) >= 11 is 3.48. The summed E-state index contributed by atoms with van der Waals surface area (Å²) in [5.41, 5.74) is 1.93. The molecule has 0 spiro atoms. The predicted octanol–water partition coefficient (Wildman–Crippen LogP) is 3.62. The smallest absolute Gasteiger partial charge is 0.203 e. The van der Waals surface area contributed by atoms with Crippen LogP contribution >= 0.6 is 15.9 Å². The molecule has 0 bridgehead atoms. The molecule has 1 aromatic heterocycles. The highest BCUT2D eigenvalue weighted by Crippen LogP contribution is 2.36. The molecule has 0 radical (unpaired) electrons. The Hall–Kier alpha value is -0.870. The first-order valence-electron chi connectivity index (χ1n) is 6.51. The highest BCUT2D eigenvalue weighted by molar-refractivity contribution is 9.10. The van der Waals surface area contributed by atoms with E-state index in [0.717, 1.165) is 53.8 Å². The third-order valence-corrected chi connectivity index (χ3v) is 4.27. The third kappa shape index (κ3) is 1.97. The van der Waals surface area contributed by atoms with E-state index in [1.54, 1.807) is 0 Å². The maximum Gasteiger partial charge on any atom is 0.203 e. The minimum Gasteiger partial charge on any atom is -0.440 e. The summed E-state index contributed by atoms with van der Waals surface area (Å²) in [6.07, 6.45) is 3.41. The van der Waals surface area contributed by atoms with Crippen LogP contribution < -0.4 is 5.32 Å². The van der Waals surface area contributed by atoms with Crippen LogP contribution in [0.25, 0.3) is 11.1 Å². The van der Waals surface area contributed by atoms with E-state index in [-0.39, 0.29) is 5.41 Å². The van der Waals surface area contributed by atoms with Crippen LogP contribution in [0, 0.1) is 0 Å². The fourth-order valence-electron chi connectivity index (χ4n) is 2.85. The first-order chi connectivity index (χ1) is 8.73. The Morgan fingerprint density at radius 1 is 1.50 bits per heavy atom. The Bertz CT molecular complexity index is 558. The highest BCUT2D eigenvalue weighted by Gasteiger charge is 2.39. The van der Waals surface area contributed by atoms with E-state index in [2.05, 4.69) is 28.2 Å². The number of halogens is 1. The standard InChI is InChI=1S/C14H17BrN2O/c1-2-5-14(6-7-16-9-14)13-17-11-8-10(15)3-4-12(11)18-13/h3-4,8,16H,2,5-7,9H2,1H3. The molecule has 0 saturated carbocycles. The summed E-state index contributed by atoms with van der Waals surface area (Å²) in [6, 6.07) is 6.00. The predicted molar refractivity (Wildman–Crippen MR) is 75.8 cm³/mol. The second-order valence-electron chi connectivity index (χ2n) is 5.09. The number of nitrogens with zero attached hydrogens (tertiary/aromatic N) is 1. The number of oxazole rings is 1. The molecule has 3 rings (SSSR count). The van der Waals surface area contributed by atoms with Gasteiger partial charge in [0.05, 0.1) is 5.41 Å². The summed E-state index contributed by atoms with van der Waals surface area (Å²) in [5, 5.41) is 3.44. The van der Waals surface area contributed by atoms with Gasteiger partial charge in [-0.1, -0.05) is 29.3 Å². The second-order valence-corrected chi connectivity index (χ2v) is 6.00. The number of rotatable bonds is 3. The van der Waals surface area contributed by atoms with Crippen molar-refractivity contribution < 1.29 is 4.42 Å². The molecule has 18 heavy (non-hydrogen) atoms. The molecule has 1 saturated heterocycles. The Labute approximate surface area is 115 Å². The number of aromatic nitrogens is 1. The van der Waals surface area contributed by atoms with E-state index in [4.69, 9.17) is 9.40 Å². The summed E-state index contributed by atoms with van der Waals surface area (Å²) in [6.45, 7) is 4.26. The second kappa shape index (κ2) is 4.67. The maximum atomic E-state index is 5.99. The van der Waals surface area contributed by atoms with E-state index in [1.165, 1.54) is 0 Å². The number of fused-ring (bicyclic) bond motifs is 1. The SMILES string of the molecule is CCCC1(c2nc3cc(Br)ccc3o2)CCNC1. The summed E-state index contributed by atoms with van der Waals surface area (Å²) in [7, 11) is 0. The van der Waals surface area contributed by atoms with E-state index in [9.17, 15) is 0 Å². The molecule has 1 aliphatic rings. The molecule has 0 amide bonds. The molecule has 1 fully saturated rings. The van der Waals surface area contributed by atoms with Crippen LogP contribution in [-0.4, -0.2) is 18.1 Å². The average Bonchev–Trinajstić information content (AvgIpc) is 2.95. The normalized spacial score (nSPS) is 23.9. The lowest BCUT2D eigenvalue weighted by molar-refractivity contribution is 0.331. The lowest BCUT2D eigenvalue weighted by atomic mass is 9.82. The Morgan fingerprint density at radius 2 is 2.39 bits per heavy atom. The molecule has 2 heterocycles. The van der Waals surface area contributed by atoms with Crippen LogP contribution in [0.5, 0.6) is 0 Å². The molecule has 1 N–H and O–H groups in total. The topological polar surface area (TPSA) is 38.1 Å². The summed E-state index contributed by atoms with van der Waals surface area (Å²) in [5.74, 6) is 0.905. The molecule has 1 atom stereocenters. The van der Waals surface area contributed by atoms with Crippen molar-refractivity contribution in [3.63, 3.8) is 0 Å². The quantitative estimate of drug-likeness (QED) is 0.941. The zero-order valence-corrected chi connectivity index (χ0v) is 12.1. The Morgan fingerprint density at radius 3 is 3.11 bits per heavy atom. The third-order valence-electron chi connectivity index (χ3n) is 3.78. The minimum absolute atomic E-state index is 0.0975. The summed E-state index contributed by atoms with van der Waals surface area (Å²) in [4.78, 5) is 4.71. The van der Waals surface area contributed by atoms with Gasteiger partial charge in [0.1, 0.15) is 5.52 Å². The van der Waals surface area contributed by atoms with Gasteiger partial charge in [-0.3, -0.25) is 0 Å². The van der Waals surface area contributed by atoms with Gasteiger partial charge in [-0.15, -0.1) is 0 Å². The lowest BCUT2D eigenvalue weighted by Gasteiger charge is -2.23. The van der Waals surface area contributed by atoms with E-state index in [1.807, 2.05) is 18.2 Å². The maximum absolute atomic E-state index is 5.99. The van der Waals surface area contributed by atoms with Gasteiger partial charge in [0.15, 0.2) is 5.58 Å². The van der Waals surface area contributed by atoms with Gasteiger partial charge in [-0.2, -0.15) is 0 Å². The van der Waals surface area contributed by atoms with Gasteiger partial charge in [-0.05, 0) is 37.6 Å². The van der Waals surface area contributed by atoms with Crippen LogP contribution in [0.4, 0.5) is 0 Å². The molecule has 3 nitrogen and oxygen atoms in total. The molecule has 2 aromatic rings. The van der Waals surface area contributed by atoms with Crippen LogP contribution in [0.2, 0.25) is 0 Å². The van der Waals surface area contributed by atoms with Crippen LogP contribution in [0.1, 0.15) is 32.1 Å². The molecule has 1 aromatic carbocycles. The van der Waals surface area contributed by atoms with Gasteiger partial charge < -0.3 is 9.73 Å². The van der Waals surface area contributed by atoms with Gasteiger partial charge in [0, 0.05) is 11.0 Å². The molecular formula is C14H17BrN2O. The zero-order valence-electron chi connectivity index (χ0n) is 10.5. The Kier molecular flexibility index (Phi) is 3.16. The molecule has 0 aliphatic carbocycles. The average molecular weight is 309 g/mol. The fraction of sp³-hybridized carbons (Fsp3) is 0.500. The molecule has 4 heteroatoms. The van der Waals surface area contributed by atoms with Crippen molar-refractivity contribution in [2.45, 2.75) is 31.6 Å². The van der Waals surface area contributed by atoms with Crippen molar-refractivity contribution in [1.29, 1.82) is 0 Å². The van der Waals surface area contributed by atoms with Gasteiger partial charge >= 0.3 is 0 Å². The first-order valence-corrected chi connectivity index (χ1v) is 7.30. The fourth-order valence-corrected chi connectivity index (χ4v) is 3.20. The molecular weight excluding hydrogens is 292 g/mol. The lowest BCUT2D eigenvalue weighted by Crippen LogP contribution is -2.29. The molecule has 1 aliphatic heterocycles. The van der Waals surface area contributed by atoms with Crippen molar-refractivity contribution in [1.82, 2.24) is 10.3 Å². The van der Waals surface area contributed by atoms with Crippen molar-refractivity contribution in [2.75, 3.05) is 13.1 Å². The molecule has 1 unspecified atom stereocenters. The van der Waals surface area contributed by atoms with Crippen molar-refractivity contribution in [3.8, 4) is 0 Å². The van der Waals surface area contributed by atoms with Crippen molar-refractivity contribution in [3.05, 3.63) is 28.6 Å². The first kappa shape index (κ1) is 12.2. The van der Waals surface area contributed by atoms with Gasteiger partial charge in [-0.25, -0.2) is 4.98 Å². The summed E-state index contributed by atoms with van der Waals surface area (Å²) < 4.78 is 7.04. The number of hydrogen-bond acceptors (Lipinski definition) is 3. The van der Waals surface area contributed by atoms with Crippen molar-refractivity contribution in [2.24, 2.45) is 0 Å². The van der Waals surface area contributed by atoms with E-state index < -0.39 is 0 Å². The highest BCUT2D eigenvalue weighted by atomic mass is 79.9. The number of benzene rings is 1. The van der Waals surface area contributed by atoms with Gasteiger partial charge in [0.25, 0.3) is 0 Å². The van der Waals surface area contributed by atoms with Crippen LogP contribution in [0.3, 0.4) is 0 Å². The zero-order chi connectivity index (χ0) is 12.6. The molecule has 96 valence electrons. The number of hydrogen-bond donors (Lipinski definition) is 1. The minimum atomic E-state index is 0.0975. The van der Waals surface area contributed by atoms with E-state index in [0.29, 0.717) is 0 Å². The van der Waals surface area contributed by atoms with E-state index >= 15 is 0 Å². The Balaban J connectivity index is 2.06. The van der Waals surface area contributed by atoms with Crippen LogP contribution in [-0.2, 0) is 5.41 Å². The van der Waals surface area contributed by atoms with Gasteiger partial charge in [0.2, 0.25) is 5.89 Å². The number of nitrogens with one attached hydrogen (secondary N) is 1.